The molecular weight excluding hydrogens is 1040 g/mol. The van der Waals surface area contributed by atoms with Crippen LogP contribution in [-0.4, -0.2) is 110 Å². The third kappa shape index (κ3) is 21.8. The summed E-state index contributed by atoms with van der Waals surface area (Å²) in [7, 11) is 0. The summed E-state index contributed by atoms with van der Waals surface area (Å²) in [5.41, 5.74) is 38.4. The first kappa shape index (κ1) is 71.1. The van der Waals surface area contributed by atoms with Crippen molar-refractivity contribution in [2.24, 2.45) is 28.7 Å². The van der Waals surface area contributed by atoms with Gasteiger partial charge in [0.25, 0.3) is 0 Å². The largest absolute Gasteiger partial charge is 0.379 e. The van der Waals surface area contributed by atoms with Crippen molar-refractivity contribution < 1.29 is 28.4 Å². The smallest absolute Gasteiger partial charge is 0.102 e. The summed E-state index contributed by atoms with van der Waals surface area (Å²) in [5.74, 6) is 0. The van der Waals surface area contributed by atoms with Crippen LogP contribution in [0.1, 0.15) is 181 Å². The molecule has 6 atom stereocenters. The molecule has 4 aromatic carbocycles. The van der Waals surface area contributed by atoms with Crippen molar-refractivity contribution in [2.75, 3.05) is 59.2 Å². The van der Waals surface area contributed by atoms with Crippen LogP contribution in [-0.2, 0) is 34.8 Å². The molecule has 4 rings (SSSR count). The first-order valence-corrected chi connectivity index (χ1v) is 30.8. The average molecular weight is 1150 g/mol. The van der Waals surface area contributed by atoms with E-state index in [9.17, 15) is 0 Å². The van der Waals surface area contributed by atoms with Crippen LogP contribution in [0, 0.1) is 0 Å². The van der Waals surface area contributed by atoms with Gasteiger partial charge < -0.3 is 76.7 Å². The molecule has 0 fully saturated rings. The molecule has 4 aromatic rings. The zero-order chi connectivity index (χ0) is 62.1. The molecule has 0 radical (unpaired) electrons. The van der Waals surface area contributed by atoms with Gasteiger partial charge in [0.05, 0.1) is 74.8 Å². The number of benzene rings is 4. The van der Waals surface area contributed by atoms with Crippen LogP contribution in [0.3, 0.4) is 0 Å². The van der Waals surface area contributed by atoms with E-state index in [1.54, 1.807) is 0 Å². The predicted molar refractivity (Wildman–Crippen MR) is 349 cm³/mol. The van der Waals surface area contributed by atoms with Gasteiger partial charge in [0.1, 0.15) is 18.7 Å². The highest BCUT2D eigenvalue weighted by Crippen LogP contribution is 2.42. The molecule has 0 saturated heterocycles. The quantitative estimate of drug-likeness (QED) is 0.0265. The highest BCUT2D eigenvalue weighted by atomic mass is 16.5. The van der Waals surface area contributed by atoms with E-state index < -0.39 is 11.3 Å². The normalized spacial score (nSPS) is 15.6. The zero-order valence-electron chi connectivity index (χ0n) is 55.0. The molecule has 468 valence electrons. The molecule has 15 nitrogen and oxygen atoms in total. The summed E-state index contributed by atoms with van der Waals surface area (Å²) in [4.78, 5) is 9.46. The van der Waals surface area contributed by atoms with Crippen molar-refractivity contribution in [1.82, 2.24) is 0 Å². The summed E-state index contributed by atoms with van der Waals surface area (Å²) >= 11 is 0. The Morgan fingerprint density at radius 1 is 0.361 bits per heavy atom. The summed E-state index contributed by atoms with van der Waals surface area (Å²) in [6.07, 6.45) is 4.41. The van der Waals surface area contributed by atoms with Crippen LogP contribution >= 0.6 is 0 Å². The molecule has 0 saturated carbocycles. The van der Waals surface area contributed by atoms with Gasteiger partial charge in [-0.15, -0.1) is 0 Å². The fourth-order valence-electron chi connectivity index (χ4n) is 11.2. The second kappa shape index (κ2) is 31.3. The molecule has 0 aliphatic carbocycles. The van der Waals surface area contributed by atoms with Crippen molar-refractivity contribution in [2.45, 2.75) is 247 Å². The number of hydrogen-bond donors (Lipinski definition) is 5. The third-order valence-corrected chi connectivity index (χ3v) is 15.7. The number of nitrogens with zero attached hydrogens (tertiary/aromatic N) is 4. The minimum absolute atomic E-state index is 0.0900. The molecule has 0 aromatic heterocycles. The highest BCUT2D eigenvalue weighted by Gasteiger charge is 2.41. The van der Waals surface area contributed by atoms with Crippen LogP contribution < -0.4 is 48.3 Å². The van der Waals surface area contributed by atoms with Gasteiger partial charge in [0, 0.05) is 63.6 Å². The molecule has 6 unspecified atom stereocenters. The van der Waals surface area contributed by atoms with Crippen LogP contribution in [0.2, 0.25) is 0 Å². The SMILES string of the molecule is CCC(C)OCCC(C)(N)N(c1ccc(N(c2ccc(Cc3ccc(N(c4ccc(N(C(C)(C)CCOC(C)N)C(C)(C)COC(C)C)cc4)C(C)(C)CCOC(C)N)cc3)cc2)C(C)(C)CCOC(C)N)cc1)C(C)(N)CCOC(C)C. The van der Waals surface area contributed by atoms with Gasteiger partial charge >= 0.3 is 0 Å². The molecule has 0 bridgehead atoms. The fourth-order valence-corrected chi connectivity index (χ4v) is 11.2. The lowest BCUT2D eigenvalue weighted by Crippen LogP contribution is -2.67. The molecule has 0 amide bonds. The van der Waals surface area contributed by atoms with Gasteiger partial charge in [-0.1, -0.05) is 31.2 Å². The maximum Gasteiger partial charge on any atom is 0.102 e. The monoisotopic (exact) mass is 1150 g/mol. The lowest BCUT2D eigenvalue weighted by atomic mass is 9.89. The van der Waals surface area contributed by atoms with E-state index in [2.05, 4.69) is 200 Å². The number of hydrogen-bond acceptors (Lipinski definition) is 15. The number of nitrogens with two attached hydrogens (primary N) is 5. The van der Waals surface area contributed by atoms with Crippen molar-refractivity contribution in [3.8, 4) is 0 Å². The van der Waals surface area contributed by atoms with Crippen LogP contribution in [0.15, 0.2) is 97.1 Å². The van der Waals surface area contributed by atoms with Crippen LogP contribution in [0.4, 0.5) is 34.1 Å². The lowest BCUT2D eigenvalue weighted by molar-refractivity contribution is 0.0334. The van der Waals surface area contributed by atoms with Gasteiger partial charge in [-0.3, -0.25) is 0 Å². The van der Waals surface area contributed by atoms with E-state index in [0.29, 0.717) is 52.5 Å². The lowest BCUT2D eigenvalue weighted by Gasteiger charge is -2.51. The number of rotatable bonds is 38. The maximum absolute atomic E-state index is 7.27. The Kier molecular flexibility index (Phi) is 26.9. The molecule has 10 N–H and O–H groups in total. The second-order valence-electron chi connectivity index (χ2n) is 26.7. The van der Waals surface area contributed by atoms with Crippen molar-refractivity contribution in [3.05, 3.63) is 108 Å². The van der Waals surface area contributed by atoms with Crippen LogP contribution in [0.25, 0.3) is 0 Å². The van der Waals surface area contributed by atoms with E-state index in [1.807, 2.05) is 48.5 Å². The van der Waals surface area contributed by atoms with E-state index in [0.717, 1.165) is 66.2 Å². The first-order valence-electron chi connectivity index (χ1n) is 30.8. The van der Waals surface area contributed by atoms with Gasteiger partial charge in [-0.05, 0) is 241 Å². The molecule has 0 aliphatic rings. The Balaban J connectivity index is 1.71. The van der Waals surface area contributed by atoms with E-state index in [1.165, 1.54) is 11.1 Å². The molecular formula is C68H115N9O6. The van der Waals surface area contributed by atoms with Gasteiger partial charge in [-0.2, -0.15) is 0 Å². The summed E-state index contributed by atoms with van der Waals surface area (Å²) < 4.78 is 36.2. The van der Waals surface area contributed by atoms with E-state index >= 15 is 0 Å². The summed E-state index contributed by atoms with van der Waals surface area (Å²) in [6.45, 7) is 43.4. The van der Waals surface area contributed by atoms with Crippen LogP contribution in [0.5, 0.6) is 0 Å². The van der Waals surface area contributed by atoms with Gasteiger partial charge in [-0.25, -0.2) is 0 Å². The summed E-state index contributed by atoms with van der Waals surface area (Å²) in [6, 6.07) is 35.5. The van der Waals surface area contributed by atoms with Gasteiger partial charge in [0.15, 0.2) is 0 Å². The Hall–Kier alpha value is -4.36. The molecule has 15 heteroatoms. The Bertz CT molecular complexity index is 2460. The predicted octanol–water partition coefficient (Wildman–Crippen LogP) is 13.2. The summed E-state index contributed by atoms with van der Waals surface area (Å²) in [5, 5.41) is 0. The number of ether oxygens (including phenoxy) is 6. The third-order valence-electron chi connectivity index (χ3n) is 15.7. The fraction of sp³-hybridized carbons (Fsp3) is 0.647. The molecule has 83 heavy (non-hydrogen) atoms. The van der Waals surface area contributed by atoms with E-state index in [4.69, 9.17) is 57.1 Å². The number of anilines is 6. The minimum Gasteiger partial charge on any atom is -0.379 e. The topological polar surface area (TPSA) is 198 Å². The van der Waals surface area contributed by atoms with Crippen molar-refractivity contribution in [3.63, 3.8) is 0 Å². The molecule has 0 heterocycles. The first-order chi connectivity index (χ1) is 38.6. The van der Waals surface area contributed by atoms with Gasteiger partial charge in [0.2, 0.25) is 0 Å². The maximum atomic E-state index is 7.27. The Morgan fingerprint density at radius 3 is 1.00 bits per heavy atom. The highest BCUT2D eigenvalue weighted by molar-refractivity contribution is 5.70. The van der Waals surface area contributed by atoms with E-state index in [-0.39, 0.29) is 59.2 Å². The Labute approximate surface area is 503 Å². The second-order valence-corrected chi connectivity index (χ2v) is 26.7. The van der Waals surface area contributed by atoms with Crippen molar-refractivity contribution >= 4 is 34.1 Å². The minimum atomic E-state index is -0.828. The molecule has 0 spiro atoms. The standard InChI is InChI=1S/C68H115N9O6/c1-20-51(6)79-46-41-68(19,73)77(67(18,72)40-45-78-49(2)3)62-35-31-60(32-36-62)75(64(12,13)38-43-81-53(8)70)58-27-23-56(24-28-58)47-55-21-25-57(26-22-55)74(63(10,11)37-42-80-52(7)69)59-29-33-61(34-30-59)76(66(16,17)48-83-50(4)5)65(14,15)39-44-82-54(9)71/h21-36,49-54H,20,37-48,69-73H2,1-19H3. The van der Waals surface area contributed by atoms with Crippen molar-refractivity contribution in [1.29, 1.82) is 0 Å². The average Bonchev–Trinajstić information content (AvgIpc) is 3.56. The molecule has 0 aliphatic heterocycles. The zero-order valence-corrected chi connectivity index (χ0v) is 55.0. The Morgan fingerprint density at radius 2 is 0.663 bits per heavy atom.